The molecular formula is C15H14N4O3S. The van der Waals surface area contributed by atoms with Crippen molar-refractivity contribution < 1.29 is 13.2 Å². The van der Waals surface area contributed by atoms with Gasteiger partial charge in [-0.1, -0.05) is 0 Å². The topological polar surface area (TPSA) is 103 Å². The first-order valence-corrected chi connectivity index (χ1v) is 8.04. The number of anilines is 1. The predicted octanol–water partition coefficient (Wildman–Crippen LogP) is 1.21. The Bertz CT molecular complexity index is 827. The zero-order valence-electron chi connectivity index (χ0n) is 12.3. The highest BCUT2D eigenvalue weighted by molar-refractivity contribution is 7.89. The van der Waals surface area contributed by atoms with Crippen molar-refractivity contribution in [2.75, 3.05) is 18.9 Å². The lowest BCUT2D eigenvalue weighted by Crippen LogP contribution is -2.34. The number of amides is 1. The van der Waals surface area contributed by atoms with Crippen molar-refractivity contribution in [2.45, 2.75) is 4.90 Å². The van der Waals surface area contributed by atoms with E-state index in [1.807, 2.05) is 6.07 Å². The highest BCUT2D eigenvalue weighted by atomic mass is 32.2. The number of carbonyl (C=O) groups is 1. The minimum Gasteiger partial charge on any atom is -0.325 e. The number of pyridine rings is 1. The van der Waals surface area contributed by atoms with Crippen molar-refractivity contribution in [2.24, 2.45) is 0 Å². The Kier molecular flexibility index (Phi) is 5.05. The maximum atomic E-state index is 12.4. The predicted molar refractivity (Wildman–Crippen MR) is 83.8 cm³/mol. The SMILES string of the molecule is CN(CC(=O)Nc1ccncc1)S(=O)(=O)c1ccc(C#N)cc1. The summed E-state index contributed by atoms with van der Waals surface area (Å²) in [7, 11) is -2.48. The molecular weight excluding hydrogens is 316 g/mol. The minimum absolute atomic E-state index is 0.0238. The standard InChI is InChI=1S/C15H14N4O3S/c1-19(11-15(20)18-13-6-8-17-9-7-13)23(21,22)14-4-2-12(10-16)3-5-14/h2-9H,11H2,1H3,(H,17,18,20). The molecule has 1 amide bonds. The number of carbonyl (C=O) groups excluding carboxylic acids is 1. The molecule has 1 aromatic carbocycles. The molecule has 0 atom stereocenters. The Morgan fingerprint density at radius 3 is 2.39 bits per heavy atom. The summed E-state index contributed by atoms with van der Waals surface area (Å²) in [6.45, 7) is -0.329. The lowest BCUT2D eigenvalue weighted by molar-refractivity contribution is -0.116. The largest absolute Gasteiger partial charge is 0.325 e. The van der Waals surface area contributed by atoms with E-state index in [0.29, 0.717) is 11.3 Å². The van der Waals surface area contributed by atoms with Crippen LogP contribution in [0, 0.1) is 11.3 Å². The zero-order valence-corrected chi connectivity index (χ0v) is 13.1. The van der Waals surface area contributed by atoms with Gasteiger partial charge in [-0.3, -0.25) is 9.78 Å². The van der Waals surface area contributed by atoms with Gasteiger partial charge in [0.15, 0.2) is 0 Å². The average Bonchev–Trinajstić information content (AvgIpc) is 2.55. The first kappa shape index (κ1) is 16.6. The molecule has 0 radical (unpaired) electrons. The molecule has 2 rings (SSSR count). The Morgan fingerprint density at radius 1 is 1.22 bits per heavy atom. The molecule has 0 bridgehead atoms. The minimum atomic E-state index is -3.80. The van der Waals surface area contributed by atoms with E-state index in [1.165, 1.54) is 43.7 Å². The first-order valence-electron chi connectivity index (χ1n) is 6.60. The third-order valence-corrected chi connectivity index (χ3v) is 4.84. The Labute approximate surface area is 134 Å². The van der Waals surface area contributed by atoms with Crippen molar-refractivity contribution in [3.63, 3.8) is 0 Å². The van der Waals surface area contributed by atoms with Gasteiger partial charge in [0.05, 0.1) is 23.1 Å². The molecule has 23 heavy (non-hydrogen) atoms. The summed E-state index contributed by atoms with van der Waals surface area (Å²) in [4.78, 5) is 15.8. The summed E-state index contributed by atoms with van der Waals surface area (Å²) in [5.41, 5.74) is 0.899. The van der Waals surface area contributed by atoms with Crippen LogP contribution in [-0.2, 0) is 14.8 Å². The summed E-state index contributed by atoms with van der Waals surface area (Å²) in [6.07, 6.45) is 3.04. The van der Waals surface area contributed by atoms with Crippen molar-refractivity contribution in [1.29, 1.82) is 5.26 Å². The molecule has 0 unspecified atom stereocenters. The lowest BCUT2D eigenvalue weighted by Gasteiger charge is -2.16. The number of rotatable bonds is 5. The fraction of sp³-hybridized carbons (Fsp3) is 0.133. The summed E-state index contributed by atoms with van der Waals surface area (Å²) in [5.74, 6) is -0.462. The maximum absolute atomic E-state index is 12.4. The molecule has 118 valence electrons. The number of nitriles is 1. The lowest BCUT2D eigenvalue weighted by atomic mass is 10.2. The van der Waals surface area contributed by atoms with Crippen LogP contribution in [0.3, 0.4) is 0 Å². The molecule has 0 spiro atoms. The summed E-state index contributed by atoms with van der Waals surface area (Å²) in [5, 5.41) is 11.3. The van der Waals surface area contributed by atoms with E-state index in [9.17, 15) is 13.2 Å². The van der Waals surface area contributed by atoms with Gasteiger partial charge in [-0.25, -0.2) is 8.42 Å². The highest BCUT2D eigenvalue weighted by Crippen LogP contribution is 2.15. The van der Waals surface area contributed by atoms with Crippen LogP contribution in [0.15, 0.2) is 53.7 Å². The van der Waals surface area contributed by atoms with Crippen LogP contribution in [0.4, 0.5) is 5.69 Å². The van der Waals surface area contributed by atoms with Crippen LogP contribution < -0.4 is 5.32 Å². The molecule has 1 aromatic heterocycles. The van der Waals surface area contributed by atoms with Crippen molar-refractivity contribution >= 4 is 21.6 Å². The molecule has 8 heteroatoms. The van der Waals surface area contributed by atoms with Gasteiger partial charge >= 0.3 is 0 Å². The molecule has 2 aromatic rings. The summed E-state index contributed by atoms with van der Waals surface area (Å²) < 4.78 is 25.7. The van der Waals surface area contributed by atoms with E-state index in [4.69, 9.17) is 5.26 Å². The number of likely N-dealkylation sites (N-methyl/N-ethyl adjacent to an activating group) is 1. The van der Waals surface area contributed by atoms with Crippen molar-refractivity contribution in [1.82, 2.24) is 9.29 Å². The Hall–Kier alpha value is -2.76. The molecule has 7 nitrogen and oxygen atoms in total. The van der Waals surface area contributed by atoms with Crippen LogP contribution in [0.25, 0.3) is 0 Å². The number of nitrogens with one attached hydrogen (secondary N) is 1. The van der Waals surface area contributed by atoms with Crippen LogP contribution >= 0.6 is 0 Å². The van der Waals surface area contributed by atoms with Crippen LogP contribution in [-0.4, -0.2) is 37.2 Å². The quantitative estimate of drug-likeness (QED) is 0.887. The highest BCUT2D eigenvalue weighted by Gasteiger charge is 2.22. The number of benzene rings is 1. The first-order chi connectivity index (χ1) is 10.9. The van der Waals surface area contributed by atoms with Gasteiger partial charge in [-0.05, 0) is 36.4 Å². The molecule has 0 saturated heterocycles. The van der Waals surface area contributed by atoms with Crippen LogP contribution in [0.5, 0.6) is 0 Å². The number of hydrogen-bond donors (Lipinski definition) is 1. The van der Waals surface area contributed by atoms with Crippen molar-refractivity contribution in [3.8, 4) is 6.07 Å². The second-order valence-corrected chi connectivity index (χ2v) is 6.73. The van der Waals surface area contributed by atoms with Crippen molar-refractivity contribution in [3.05, 3.63) is 54.4 Å². The third kappa shape index (κ3) is 4.12. The molecule has 0 aliphatic rings. The third-order valence-electron chi connectivity index (χ3n) is 3.02. The number of nitrogens with zero attached hydrogens (tertiary/aromatic N) is 3. The van der Waals surface area contributed by atoms with Crippen LogP contribution in [0.1, 0.15) is 5.56 Å². The normalized spacial score (nSPS) is 11.0. The van der Waals surface area contributed by atoms with Gasteiger partial charge in [0.2, 0.25) is 15.9 Å². The van der Waals surface area contributed by atoms with Gasteiger partial charge in [0.25, 0.3) is 0 Å². The number of hydrogen-bond acceptors (Lipinski definition) is 5. The fourth-order valence-electron chi connectivity index (χ4n) is 1.80. The monoisotopic (exact) mass is 330 g/mol. The zero-order chi connectivity index (χ0) is 16.9. The summed E-state index contributed by atoms with van der Waals surface area (Å²) >= 11 is 0. The van der Waals surface area contributed by atoms with E-state index in [2.05, 4.69) is 10.3 Å². The van der Waals surface area contributed by atoms with Gasteiger partial charge in [0.1, 0.15) is 0 Å². The molecule has 1 heterocycles. The van der Waals surface area contributed by atoms with Crippen LogP contribution in [0.2, 0.25) is 0 Å². The maximum Gasteiger partial charge on any atom is 0.243 e. The van der Waals surface area contributed by atoms with E-state index in [0.717, 1.165) is 4.31 Å². The molecule has 0 fully saturated rings. The smallest absolute Gasteiger partial charge is 0.243 e. The Balaban J connectivity index is 2.07. The van der Waals surface area contributed by atoms with Gasteiger partial charge in [-0.15, -0.1) is 0 Å². The summed E-state index contributed by atoms with van der Waals surface area (Å²) in [6, 6.07) is 10.6. The van der Waals surface area contributed by atoms with Gasteiger partial charge in [-0.2, -0.15) is 9.57 Å². The molecule has 0 aliphatic heterocycles. The van der Waals surface area contributed by atoms with Gasteiger partial charge < -0.3 is 5.32 Å². The number of sulfonamides is 1. The second-order valence-electron chi connectivity index (χ2n) is 4.68. The average molecular weight is 330 g/mol. The van der Waals surface area contributed by atoms with E-state index >= 15 is 0 Å². The number of aromatic nitrogens is 1. The molecule has 0 aliphatic carbocycles. The van der Waals surface area contributed by atoms with E-state index < -0.39 is 15.9 Å². The molecule has 0 saturated carbocycles. The van der Waals surface area contributed by atoms with E-state index in [-0.39, 0.29) is 11.4 Å². The Morgan fingerprint density at radius 2 is 1.83 bits per heavy atom. The second kappa shape index (κ2) is 7.00. The fourth-order valence-corrected chi connectivity index (χ4v) is 2.93. The molecule has 1 N–H and O–H groups in total. The van der Waals surface area contributed by atoms with E-state index in [1.54, 1.807) is 12.1 Å². The van der Waals surface area contributed by atoms with Gasteiger partial charge in [0, 0.05) is 25.1 Å².